The van der Waals surface area contributed by atoms with Crippen LogP contribution in [0.4, 0.5) is 0 Å². The standard InChI is InChI=1S/C17H19NO3/c19-16-3-1-2-14(10-16)15-4-5-17(18-11-15)21-12-13-6-8-20-9-7-13/h1-5,10-11,13,19H,6-9,12H2. The van der Waals surface area contributed by atoms with Gasteiger partial charge in [-0.25, -0.2) is 4.98 Å². The van der Waals surface area contributed by atoms with E-state index in [1.54, 1.807) is 18.3 Å². The molecule has 21 heavy (non-hydrogen) atoms. The van der Waals surface area contributed by atoms with Gasteiger partial charge in [0.2, 0.25) is 5.88 Å². The molecular formula is C17H19NO3. The van der Waals surface area contributed by atoms with Gasteiger partial charge in [-0.3, -0.25) is 0 Å². The smallest absolute Gasteiger partial charge is 0.213 e. The zero-order valence-corrected chi connectivity index (χ0v) is 11.9. The summed E-state index contributed by atoms with van der Waals surface area (Å²) in [4.78, 5) is 4.33. The van der Waals surface area contributed by atoms with Gasteiger partial charge in [0.15, 0.2) is 0 Å². The molecule has 0 unspecified atom stereocenters. The molecule has 1 aliphatic rings. The van der Waals surface area contributed by atoms with Crippen molar-refractivity contribution in [1.29, 1.82) is 0 Å². The normalized spacial score (nSPS) is 15.8. The fourth-order valence-electron chi connectivity index (χ4n) is 2.44. The van der Waals surface area contributed by atoms with Crippen molar-refractivity contribution in [2.75, 3.05) is 19.8 Å². The molecule has 0 bridgehead atoms. The number of rotatable bonds is 4. The number of nitrogens with zero attached hydrogens (tertiary/aromatic N) is 1. The lowest BCUT2D eigenvalue weighted by molar-refractivity contribution is 0.0490. The molecule has 4 heteroatoms. The first-order chi connectivity index (χ1) is 10.3. The van der Waals surface area contributed by atoms with Crippen LogP contribution in [0.25, 0.3) is 11.1 Å². The molecule has 4 nitrogen and oxygen atoms in total. The summed E-state index contributed by atoms with van der Waals surface area (Å²) >= 11 is 0. The molecule has 1 aromatic heterocycles. The summed E-state index contributed by atoms with van der Waals surface area (Å²) in [5, 5.41) is 9.50. The molecule has 0 aliphatic carbocycles. The summed E-state index contributed by atoms with van der Waals surface area (Å²) < 4.78 is 11.1. The largest absolute Gasteiger partial charge is 0.508 e. The van der Waals surface area contributed by atoms with Crippen LogP contribution < -0.4 is 4.74 Å². The lowest BCUT2D eigenvalue weighted by Gasteiger charge is -2.21. The first-order valence-corrected chi connectivity index (χ1v) is 7.27. The maximum atomic E-state index is 9.50. The van der Waals surface area contributed by atoms with Crippen LogP contribution in [0, 0.1) is 5.92 Å². The molecule has 2 heterocycles. The van der Waals surface area contributed by atoms with Crippen LogP contribution in [0.2, 0.25) is 0 Å². The van der Waals surface area contributed by atoms with Crippen molar-refractivity contribution >= 4 is 0 Å². The van der Waals surface area contributed by atoms with E-state index in [4.69, 9.17) is 9.47 Å². The highest BCUT2D eigenvalue weighted by molar-refractivity contribution is 5.64. The third-order valence-electron chi connectivity index (χ3n) is 3.72. The maximum absolute atomic E-state index is 9.50. The van der Waals surface area contributed by atoms with Gasteiger partial charge < -0.3 is 14.6 Å². The van der Waals surface area contributed by atoms with Crippen LogP contribution in [-0.2, 0) is 4.74 Å². The van der Waals surface area contributed by atoms with Crippen LogP contribution >= 0.6 is 0 Å². The van der Waals surface area contributed by atoms with E-state index >= 15 is 0 Å². The summed E-state index contributed by atoms with van der Waals surface area (Å²) in [5.74, 6) is 1.46. The molecular weight excluding hydrogens is 266 g/mol. The Morgan fingerprint density at radius 2 is 2.00 bits per heavy atom. The lowest BCUT2D eigenvalue weighted by Crippen LogP contribution is -2.21. The molecule has 3 rings (SSSR count). The Morgan fingerprint density at radius 1 is 1.14 bits per heavy atom. The molecule has 1 N–H and O–H groups in total. The molecule has 0 amide bonds. The van der Waals surface area contributed by atoms with Gasteiger partial charge in [-0.15, -0.1) is 0 Å². The van der Waals surface area contributed by atoms with Crippen molar-refractivity contribution in [1.82, 2.24) is 4.98 Å². The number of hydrogen-bond acceptors (Lipinski definition) is 4. The number of benzene rings is 1. The Hall–Kier alpha value is -2.07. The first kappa shape index (κ1) is 13.9. The second kappa shape index (κ2) is 6.59. The van der Waals surface area contributed by atoms with Crippen molar-refractivity contribution in [3.05, 3.63) is 42.6 Å². The van der Waals surface area contributed by atoms with Gasteiger partial charge in [-0.2, -0.15) is 0 Å². The highest BCUT2D eigenvalue weighted by atomic mass is 16.5. The minimum absolute atomic E-state index is 0.257. The summed E-state index contributed by atoms with van der Waals surface area (Å²) in [5.41, 5.74) is 1.91. The summed E-state index contributed by atoms with van der Waals surface area (Å²) in [6.07, 6.45) is 3.89. The van der Waals surface area contributed by atoms with E-state index < -0.39 is 0 Å². The van der Waals surface area contributed by atoms with Crippen LogP contribution in [0.3, 0.4) is 0 Å². The Morgan fingerprint density at radius 3 is 2.71 bits per heavy atom. The highest BCUT2D eigenvalue weighted by Gasteiger charge is 2.14. The van der Waals surface area contributed by atoms with E-state index in [9.17, 15) is 5.11 Å². The van der Waals surface area contributed by atoms with Gasteiger partial charge in [-0.1, -0.05) is 12.1 Å². The Kier molecular flexibility index (Phi) is 4.36. The Balaban J connectivity index is 1.61. The predicted molar refractivity (Wildman–Crippen MR) is 80.4 cm³/mol. The Labute approximate surface area is 124 Å². The zero-order valence-electron chi connectivity index (χ0n) is 11.9. The molecule has 1 saturated heterocycles. The second-order valence-electron chi connectivity index (χ2n) is 5.30. The molecule has 1 aliphatic heterocycles. The maximum Gasteiger partial charge on any atom is 0.213 e. The van der Waals surface area contributed by atoms with Crippen LogP contribution in [-0.4, -0.2) is 29.9 Å². The molecule has 0 radical (unpaired) electrons. The summed E-state index contributed by atoms with van der Waals surface area (Å²) in [7, 11) is 0. The summed E-state index contributed by atoms with van der Waals surface area (Å²) in [6, 6.07) is 11.0. The Bertz CT molecular complexity index is 577. The predicted octanol–water partition coefficient (Wildman–Crippen LogP) is 3.26. The van der Waals surface area contributed by atoms with E-state index in [1.807, 2.05) is 24.3 Å². The van der Waals surface area contributed by atoms with E-state index in [0.717, 1.165) is 37.2 Å². The lowest BCUT2D eigenvalue weighted by atomic mass is 10.0. The van der Waals surface area contributed by atoms with Gasteiger partial charge in [0.25, 0.3) is 0 Å². The van der Waals surface area contributed by atoms with Gasteiger partial charge in [0.1, 0.15) is 5.75 Å². The fraction of sp³-hybridized carbons (Fsp3) is 0.353. The number of aromatic hydroxyl groups is 1. The number of pyridine rings is 1. The van der Waals surface area contributed by atoms with Gasteiger partial charge in [0, 0.05) is 31.0 Å². The minimum atomic E-state index is 0.257. The van der Waals surface area contributed by atoms with Crippen molar-refractivity contribution in [2.45, 2.75) is 12.8 Å². The first-order valence-electron chi connectivity index (χ1n) is 7.27. The SMILES string of the molecule is Oc1cccc(-c2ccc(OCC3CCOCC3)nc2)c1. The number of phenolic OH excluding ortho intramolecular Hbond substituents is 1. The van der Waals surface area contributed by atoms with Gasteiger partial charge in [-0.05, 0) is 42.5 Å². The highest BCUT2D eigenvalue weighted by Crippen LogP contribution is 2.24. The van der Waals surface area contributed by atoms with E-state index in [0.29, 0.717) is 18.4 Å². The van der Waals surface area contributed by atoms with Gasteiger partial charge >= 0.3 is 0 Å². The molecule has 1 fully saturated rings. The molecule has 0 saturated carbocycles. The van der Waals surface area contributed by atoms with E-state index in [1.165, 1.54) is 0 Å². The topological polar surface area (TPSA) is 51.6 Å². The number of ether oxygens (including phenoxy) is 2. The molecule has 110 valence electrons. The van der Waals surface area contributed by atoms with Gasteiger partial charge in [0.05, 0.1) is 6.61 Å². The average molecular weight is 285 g/mol. The second-order valence-corrected chi connectivity index (χ2v) is 5.30. The summed E-state index contributed by atoms with van der Waals surface area (Å²) in [6.45, 7) is 2.36. The monoisotopic (exact) mass is 285 g/mol. The van der Waals surface area contributed by atoms with E-state index in [-0.39, 0.29) is 5.75 Å². The quantitative estimate of drug-likeness (QED) is 0.936. The molecule has 0 spiro atoms. The number of phenols is 1. The zero-order chi connectivity index (χ0) is 14.5. The van der Waals surface area contributed by atoms with Crippen molar-refractivity contribution in [3.8, 4) is 22.8 Å². The molecule has 2 aromatic rings. The fourth-order valence-corrected chi connectivity index (χ4v) is 2.44. The number of hydrogen-bond donors (Lipinski definition) is 1. The number of aromatic nitrogens is 1. The van der Waals surface area contributed by atoms with Crippen molar-refractivity contribution in [2.24, 2.45) is 5.92 Å². The van der Waals surface area contributed by atoms with Crippen LogP contribution in [0.15, 0.2) is 42.6 Å². The van der Waals surface area contributed by atoms with Crippen molar-refractivity contribution in [3.63, 3.8) is 0 Å². The third kappa shape index (κ3) is 3.73. The van der Waals surface area contributed by atoms with Crippen molar-refractivity contribution < 1.29 is 14.6 Å². The van der Waals surface area contributed by atoms with Crippen LogP contribution in [0.1, 0.15) is 12.8 Å². The molecule has 1 aromatic carbocycles. The average Bonchev–Trinajstić information content (AvgIpc) is 2.54. The van der Waals surface area contributed by atoms with E-state index in [2.05, 4.69) is 4.98 Å². The minimum Gasteiger partial charge on any atom is -0.508 e. The third-order valence-corrected chi connectivity index (χ3v) is 3.72. The molecule has 0 atom stereocenters. The van der Waals surface area contributed by atoms with Crippen LogP contribution in [0.5, 0.6) is 11.6 Å².